The Labute approximate surface area is 117 Å². The Hall–Kier alpha value is -0.770. The van der Waals surface area contributed by atoms with E-state index in [-0.39, 0.29) is 6.10 Å². The van der Waals surface area contributed by atoms with Gasteiger partial charge in [-0.2, -0.15) is 0 Å². The van der Waals surface area contributed by atoms with Crippen LogP contribution in [0.25, 0.3) is 0 Å². The molecular weight excluding hydrogens is 238 g/mol. The van der Waals surface area contributed by atoms with E-state index in [0.717, 1.165) is 51.4 Å². The molecule has 19 heavy (non-hydrogen) atoms. The van der Waals surface area contributed by atoms with Gasteiger partial charge in [0.1, 0.15) is 0 Å². The molecule has 1 aliphatic carbocycles. The minimum Gasteiger partial charge on any atom is -0.393 e. The molecule has 1 saturated carbocycles. The second-order valence-corrected chi connectivity index (χ2v) is 6.79. The maximum Gasteiger partial charge on any atom is 0.193 e. The van der Waals surface area contributed by atoms with E-state index in [1.165, 1.54) is 6.42 Å². The van der Waals surface area contributed by atoms with Gasteiger partial charge < -0.3 is 15.3 Å². The molecule has 2 fully saturated rings. The molecule has 0 bridgehead atoms. The molecule has 110 valence electrons. The number of aliphatic hydroxyl groups is 1. The molecule has 0 aromatic rings. The van der Waals surface area contributed by atoms with E-state index in [2.05, 4.69) is 31.0 Å². The van der Waals surface area contributed by atoms with Gasteiger partial charge in [0, 0.05) is 32.1 Å². The molecule has 1 aliphatic heterocycles. The summed E-state index contributed by atoms with van der Waals surface area (Å²) in [6.45, 7) is 10.6. The summed E-state index contributed by atoms with van der Waals surface area (Å²) >= 11 is 0. The predicted octanol–water partition coefficient (Wildman–Crippen LogP) is 1.84. The summed E-state index contributed by atoms with van der Waals surface area (Å²) in [4.78, 5) is 7.13. The smallest absolute Gasteiger partial charge is 0.193 e. The van der Waals surface area contributed by atoms with Crippen molar-refractivity contribution >= 4 is 5.96 Å². The van der Waals surface area contributed by atoms with Gasteiger partial charge in [0.05, 0.1) is 6.10 Å². The quantitative estimate of drug-likeness (QED) is 0.606. The van der Waals surface area contributed by atoms with E-state index in [1.807, 2.05) is 0 Å². The van der Waals surface area contributed by atoms with Gasteiger partial charge in [-0.3, -0.25) is 4.99 Å². The van der Waals surface area contributed by atoms with Crippen LogP contribution in [0.5, 0.6) is 0 Å². The fraction of sp³-hybridized carbons (Fsp3) is 0.933. The van der Waals surface area contributed by atoms with Crippen molar-refractivity contribution in [2.75, 3.05) is 26.2 Å². The number of aliphatic imine (C=N–C) groups is 1. The van der Waals surface area contributed by atoms with Gasteiger partial charge in [-0.25, -0.2) is 0 Å². The van der Waals surface area contributed by atoms with Crippen molar-refractivity contribution in [1.29, 1.82) is 0 Å². The second-order valence-electron chi connectivity index (χ2n) is 6.79. The van der Waals surface area contributed by atoms with E-state index < -0.39 is 0 Å². The van der Waals surface area contributed by atoms with Gasteiger partial charge in [0.2, 0.25) is 0 Å². The normalized spacial score (nSPS) is 30.9. The lowest BCUT2D eigenvalue weighted by molar-refractivity contribution is 0.136. The molecule has 0 amide bonds. The lowest BCUT2D eigenvalue weighted by Crippen LogP contribution is -2.41. The van der Waals surface area contributed by atoms with Crippen LogP contribution in [0.15, 0.2) is 4.99 Å². The number of guanidine groups is 1. The molecule has 2 N–H and O–H groups in total. The van der Waals surface area contributed by atoms with E-state index in [4.69, 9.17) is 4.99 Å². The molecule has 4 nitrogen and oxygen atoms in total. The number of likely N-dealkylation sites (tertiary alicyclic amines) is 1. The molecule has 0 spiro atoms. The van der Waals surface area contributed by atoms with E-state index >= 15 is 0 Å². The average Bonchev–Trinajstić information content (AvgIpc) is 2.91. The first-order valence-corrected chi connectivity index (χ1v) is 7.73. The first-order valence-electron chi connectivity index (χ1n) is 7.73. The maximum atomic E-state index is 9.88. The number of nitrogens with zero attached hydrogens (tertiary/aromatic N) is 2. The van der Waals surface area contributed by atoms with Crippen molar-refractivity contribution in [2.45, 2.75) is 52.6 Å². The van der Waals surface area contributed by atoms with Gasteiger partial charge in [-0.15, -0.1) is 0 Å². The van der Waals surface area contributed by atoms with Gasteiger partial charge in [-0.1, -0.05) is 20.3 Å². The van der Waals surface area contributed by atoms with Crippen LogP contribution in [0, 0.1) is 11.3 Å². The van der Waals surface area contributed by atoms with Gasteiger partial charge in [0.25, 0.3) is 0 Å². The third-order valence-electron chi connectivity index (χ3n) is 4.41. The summed E-state index contributed by atoms with van der Waals surface area (Å²) in [5, 5.41) is 13.3. The van der Waals surface area contributed by atoms with Crippen molar-refractivity contribution in [3.05, 3.63) is 0 Å². The van der Waals surface area contributed by atoms with Crippen molar-refractivity contribution in [3.8, 4) is 0 Å². The Balaban J connectivity index is 1.95. The number of rotatable bonds is 3. The zero-order valence-electron chi connectivity index (χ0n) is 12.7. The average molecular weight is 267 g/mol. The minimum atomic E-state index is -0.137. The van der Waals surface area contributed by atoms with Crippen molar-refractivity contribution < 1.29 is 5.11 Å². The summed E-state index contributed by atoms with van der Waals surface area (Å²) < 4.78 is 0. The van der Waals surface area contributed by atoms with Crippen LogP contribution in [0.1, 0.15) is 46.5 Å². The second kappa shape index (κ2) is 6.12. The topological polar surface area (TPSA) is 47.9 Å². The molecule has 2 atom stereocenters. The highest BCUT2D eigenvalue weighted by molar-refractivity contribution is 5.80. The van der Waals surface area contributed by atoms with Gasteiger partial charge in [0.15, 0.2) is 5.96 Å². The van der Waals surface area contributed by atoms with Crippen LogP contribution in [-0.4, -0.2) is 48.2 Å². The molecule has 4 heteroatoms. The summed E-state index contributed by atoms with van der Waals surface area (Å²) in [5.41, 5.74) is 0.392. The monoisotopic (exact) mass is 267 g/mol. The molecular formula is C15H29N3O. The van der Waals surface area contributed by atoms with Crippen molar-refractivity contribution in [3.63, 3.8) is 0 Å². The van der Waals surface area contributed by atoms with Crippen molar-refractivity contribution in [1.82, 2.24) is 10.2 Å². The number of nitrogens with one attached hydrogen (secondary N) is 1. The Bertz CT molecular complexity index is 327. The Morgan fingerprint density at radius 2 is 2.21 bits per heavy atom. The lowest BCUT2D eigenvalue weighted by Gasteiger charge is -2.24. The van der Waals surface area contributed by atoms with Crippen LogP contribution >= 0.6 is 0 Å². The van der Waals surface area contributed by atoms with Crippen LogP contribution in [0.3, 0.4) is 0 Å². The number of aliphatic hydroxyl groups excluding tert-OH is 1. The zero-order chi connectivity index (χ0) is 13.9. The van der Waals surface area contributed by atoms with Crippen LogP contribution in [0.4, 0.5) is 0 Å². The van der Waals surface area contributed by atoms with E-state index in [1.54, 1.807) is 0 Å². The van der Waals surface area contributed by atoms with E-state index in [0.29, 0.717) is 11.3 Å². The highest BCUT2D eigenvalue weighted by Crippen LogP contribution is 2.29. The molecule has 0 aromatic carbocycles. The first kappa shape index (κ1) is 14.6. The molecule has 1 heterocycles. The summed E-state index contributed by atoms with van der Waals surface area (Å²) in [5.74, 6) is 1.40. The lowest BCUT2D eigenvalue weighted by atomic mass is 9.93. The molecule has 0 radical (unpaired) electrons. The summed E-state index contributed by atoms with van der Waals surface area (Å²) in [6.07, 6.45) is 4.31. The van der Waals surface area contributed by atoms with Gasteiger partial charge in [-0.05, 0) is 31.6 Å². The molecule has 1 saturated heterocycles. The first-order chi connectivity index (χ1) is 9.02. The highest BCUT2D eigenvalue weighted by atomic mass is 16.3. The Morgan fingerprint density at radius 3 is 2.74 bits per heavy atom. The summed E-state index contributed by atoms with van der Waals surface area (Å²) in [7, 11) is 0. The fourth-order valence-corrected chi connectivity index (χ4v) is 3.15. The number of hydrogen-bond donors (Lipinski definition) is 2. The third kappa shape index (κ3) is 3.85. The number of hydrogen-bond acceptors (Lipinski definition) is 2. The van der Waals surface area contributed by atoms with Crippen LogP contribution in [0.2, 0.25) is 0 Å². The SMILES string of the molecule is CCNC(=NCC1CCCC1O)N1CCC(C)(C)C1. The van der Waals surface area contributed by atoms with E-state index in [9.17, 15) is 5.11 Å². The standard InChI is InChI=1S/C15H29N3O/c1-4-16-14(18-9-8-15(2,3)11-18)17-10-12-6-5-7-13(12)19/h12-13,19H,4-11H2,1-3H3,(H,16,17). The summed E-state index contributed by atoms with van der Waals surface area (Å²) in [6, 6.07) is 0. The molecule has 2 rings (SSSR count). The highest BCUT2D eigenvalue weighted by Gasteiger charge is 2.31. The molecule has 2 unspecified atom stereocenters. The van der Waals surface area contributed by atoms with Crippen LogP contribution < -0.4 is 5.32 Å². The molecule has 0 aromatic heterocycles. The maximum absolute atomic E-state index is 9.88. The fourth-order valence-electron chi connectivity index (χ4n) is 3.15. The van der Waals surface area contributed by atoms with Gasteiger partial charge >= 0.3 is 0 Å². The Morgan fingerprint density at radius 1 is 1.42 bits per heavy atom. The predicted molar refractivity (Wildman–Crippen MR) is 79.3 cm³/mol. The third-order valence-corrected chi connectivity index (χ3v) is 4.41. The zero-order valence-corrected chi connectivity index (χ0v) is 12.7. The minimum absolute atomic E-state index is 0.137. The van der Waals surface area contributed by atoms with Crippen molar-refractivity contribution in [2.24, 2.45) is 16.3 Å². The Kier molecular flexibility index (Phi) is 4.71. The largest absolute Gasteiger partial charge is 0.393 e. The van der Waals surface area contributed by atoms with Crippen LogP contribution in [-0.2, 0) is 0 Å². The molecule has 2 aliphatic rings.